The number of alkyl halides is 3. The number of amides is 1. The lowest BCUT2D eigenvalue weighted by molar-refractivity contribution is -0.185. The first kappa shape index (κ1) is 24.2. The van der Waals surface area contributed by atoms with Gasteiger partial charge in [-0.2, -0.15) is 18.4 Å². The summed E-state index contributed by atoms with van der Waals surface area (Å²) in [4.78, 5) is 18.9. The number of halogens is 3. The van der Waals surface area contributed by atoms with Crippen LogP contribution in [0.15, 0.2) is 60.8 Å². The van der Waals surface area contributed by atoms with Crippen molar-refractivity contribution in [2.24, 2.45) is 5.92 Å². The number of nitrogens with one attached hydrogen (secondary N) is 1. The molecule has 1 amide bonds. The number of pyridine rings is 1. The molecule has 0 atom stereocenters. The molecule has 1 aliphatic rings. The number of hydrogen-bond donors (Lipinski definition) is 2. The SMILES string of the molecule is N#Cc1cc(CN2CCC(C(F)(F)F)CC2)cnc1-c1ccc(C(=O)Nc2ccccc2N)cc1. The maximum absolute atomic E-state index is 12.9. The maximum Gasteiger partial charge on any atom is 0.391 e. The number of rotatable bonds is 5. The molecule has 0 unspecified atom stereocenters. The van der Waals surface area contributed by atoms with Crippen LogP contribution in [-0.4, -0.2) is 35.1 Å². The van der Waals surface area contributed by atoms with Crippen LogP contribution >= 0.6 is 0 Å². The summed E-state index contributed by atoms with van der Waals surface area (Å²) in [6, 6.07) is 17.6. The van der Waals surface area contributed by atoms with Crippen molar-refractivity contribution in [3.05, 3.63) is 77.5 Å². The largest absolute Gasteiger partial charge is 0.397 e. The summed E-state index contributed by atoms with van der Waals surface area (Å²) in [5.74, 6) is -1.56. The summed E-state index contributed by atoms with van der Waals surface area (Å²) >= 11 is 0. The molecule has 6 nitrogen and oxygen atoms in total. The minimum atomic E-state index is -4.14. The first-order valence-electron chi connectivity index (χ1n) is 11.2. The average molecular weight is 480 g/mol. The van der Waals surface area contributed by atoms with E-state index in [1.165, 1.54) is 0 Å². The number of nitrogen functional groups attached to an aromatic ring is 1. The molecule has 0 aliphatic carbocycles. The molecule has 3 N–H and O–H groups in total. The van der Waals surface area contributed by atoms with Crippen LogP contribution in [0, 0.1) is 17.2 Å². The van der Waals surface area contributed by atoms with Crippen molar-refractivity contribution in [3.63, 3.8) is 0 Å². The van der Waals surface area contributed by atoms with Gasteiger partial charge in [-0.25, -0.2) is 0 Å². The van der Waals surface area contributed by atoms with Gasteiger partial charge in [0.1, 0.15) is 6.07 Å². The number of para-hydroxylation sites is 2. The third kappa shape index (κ3) is 5.78. The van der Waals surface area contributed by atoms with Crippen molar-refractivity contribution < 1.29 is 18.0 Å². The van der Waals surface area contributed by atoms with Crippen molar-refractivity contribution in [1.82, 2.24) is 9.88 Å². The smallest absolute Gasteiger partial charge is 0.391 e. The highest BCUT2D eigenvalue weighted by molar-refractivity contribution is 6.05. The molecular weight excluding hydrogens is 455 g/mol. The van der Waals surface area contributed by atoms with Crippen molar-refractivity contribution in [2.75, 3.05) is 24.1 Å². The number of carbonyl (C=O) groups excluding carboxylic acids is 1. The van der Waals surface area contributed by atoms with Crippen molar-refractivity contribution >= 4 is 17.3 Å². The molecule has 1 aliphatic heterocycles. The molecule has 3 aromatic rings. The minimum absolute atomic E-state index is 0.0803. The molecule has 35 heavy (non-hydrogen) atoms. The van der Waals surface area contributed by atoms with E-state index in [0.717, 1.165) is 5.56 Å². The van der Waals surface area contributed by atoms with Gasteiger partial charge in [0, 0.05) is 23.9 Å². The quantitative estimate of drug-likeness (QED) is 0.489. The van der Waals surface area contributed by atoms with Crippen LogP contribution in [0.25, 0.3) is 11.3 Å². The fourth-order valence-corrected chi connectivity index (χ4v) is 4.17. The van der Waals surface area contributed by atoms with Crippen molar-refractivity contribution in [3.8, 4) is 17.3 Å². The Labute approximate surface area is 201 Å². The van der Waals surface area contributed by atoms with Gasteiger partial charge in [0.25, 0.3) is 5.91 Å². The highest BCUT2D eigenvalue weighted by Gasteiger charge is 2.40. The van der Waals surface area contributed by atoms with Crippen LogP contribution in [0.4, 0.5) is 24.5 Å². The molecular formula is C26H24F3N5O. The zero-order chi connectivity index (χ0) is 25.0. The van der Waals surface area contributed by atoms with E-state index in [4.69, 9.17) is 5.73 Å². The summed E-state index contributed by atoms with van der Waals surface area (Å²) in [5, 5.41) is 12.4. The lowest BCUT2D eigenvalue weighted by atomic mass is 9.96. The van der Waals surface area contributed by atoms with Gasteiger partial charge in [0.05, 0.1) is 28.6 Å². The van der Waals surface area contributed by atoms with Gasteiger partial charge in [-0.15, -0.1) is 0 Å². The summed E-state index contributed by atoms with van der Waals surface area (Å²) in [5.41, 5.74) is 9.57. The molecule has 0 spiro atoms. The Balaban J connectivity index is 1.43. The molecule has 0 saturated carbocycles. The second kappa shape index (κ2) is 10.2. The molecule has 1 aromatic heterocycles. The van der Waals surface area contributed by atoms with Gasteiger partial charge in [0.2, 0.25) is 0 Å². The number of aromatic nitrogens is 1. The average Bonchev–Trinajstić information content (AvgIpc) is 2.85. The van der Waals surface area contributed by atoms with E-state index in [2.05, 4.69) is 16.4 Å². The van der Waals surface area contributed by atoms with Gasteiger partial charge < -0.3 is 11.1 Å². The van der Waals surface area contributed by atoms with E-state index in [9.17, 15) is 23.2 Å². The Bertz CT molecular complexity index is 1240. The first-order chi connectivity index (χ1) is 16.7. The van der Waals surface area contributed by atoms with Gasteiger partial charge in [-0.3, -0.25) is 14.7 Å². The predicted molar refractivity (Wildman–Crippen MR) is 127 cm³/mol. The zero-order valence-electron chi connectivity index (χ0n) is 18.8. The third-order valence-electron chi connectivity index (χ3n) is 6.15. The van der Waals surface area contributed by atoms with Crippen molar-refractivity contribution in [1.29, 1.82) is 5.26 Å². The minimum Gasteiger partial charge on any atom is -0.397 e. The number of likely N-dealkylation sites (tertiary alicyclic amines) is 1. The Morgan fingerprint density at radius 1 is 1.14 bits per heavy atom. The Morgan fingerprint density at radius 2 is 1.83 bits per heavy atom. The summed E-state index contributed by atoms with van der Waals surface area (Å²) in [7, 11) is 0. The van der Waals surface area contributed by atoms with E-state index in [0.29, 0.717) is 53.4 Å². The van der Waals surface area contributed by atoms with Crippen LogP contribution < -0.4 is 11.1 Å². The van der Waals surface area contributed by atoms with Gasteiger partial charge in [-0.1, -0.05) is 24.3 Å². The second-order valence-corrected chi connectivity index (χ2v) is 8.56. The number of hydrogen-bond acceptors (Lipinski definition) is 5. The molecule has 9 heteroatoms. The van der Waals surface area contributed by atoms with E-state index in [-0.39, 0.29) is 18.7 Å². The standard InChI is InChI=1S/C26H24F3N5O/c27-26(28,29)21-9-11-34(12-10-21)16-17-13-20(14-30)24(32-15-17)18-5-7-19(8-6-18)25(35)33-23-4-2-1-3-22(23)31/h1-8,13,15,21H,9-12,16,31H2,(H,33,35). The zero-order valence-corrected chi connectivity index (χ0v) is 18.8. The van der Waals surface area contributed by atoms with Crippen LogP contribution in [0.3, 0.4) is 0 Å². The van der Waals surface area contributed by atoms with Crippen LogP contribution in [-0.2, 0) is 6.54 Å². The third-order valence-corrected chi connectivity index (χ3v) is 6.15. The normalized spacial score (nSPS) is 14.9. The molecule has 0 radical (unpaired) electrons. The Hall–Kier alpha value is -3.90. The Morgan fingerprint density at radius 3 is 2.46 bits per heavy atom. The molecule has 2 aromatic carbocycles. The number of nitriles is 1. The van der Waals surface area contributed by atoms with Crippen LogP contribution in [0.1, 0.15) is 34.3 Å². The topological polar surface area (TPSA) is 95.0 Å². The van der Waals surface area contributed by atoms with Gasteiger partial charge in [-0.05, 0) is 61.8 Å². The molecule has 1 fully saturated rings. The summed E-state index contributed by atoms with van der Waals surface area (Å²) in [6.45, 7) is 1.15. The fourth-order valence-electron chi connectivity index (χ4n) is 4.17. The van der Waals surface area contributed by atoms with E-state index >= 15 is 0 Å². The number of piperidine rings is 1. The second-order valence-electron chi connectivity index (χ2n) is 8.56. The maximum atomic E-state index is 12.9. The molecule has 4 rings (SSSR count). The number of nitrogens with two attached hydrogens (primary N) is 1. The number of carbonyl (C=O) groups is 1. The monoisotopic (exact) mass is 479 g/mol. The van der Waals surface area contributed by atoms with E-state index < -0.39 is 12.1 Å². The van der Waals surface area contributed by atoms with E-state index in [1.807, 2.05) is 4.90 Å². The lowest BCUT2D eigenvalue weighted by Gasteiger charge is -2.32. The van der Waals surface area contributed by atoms with Crippen LogP contribution in [0.2, 0.25) is 0 Å². The van der Waals surface area contributed by atoms with E-state index in [1.54, 1.807) is 60.8 Å². The summed E-state index contributed by atoms with van der Waals surface area (Å²) < 4.78 is 38.7. The molecule has 0 bridgehead atoms. The van der Waals surface area contributed by atoms with Crippen LogP contribution in [0.5, 0.6) is 0 Å². The van der Waals surface area contributed by atoms with Crippen molar-refractivity contribution in [2.45, 2.75) is 25.6 Å². The van der Waals surface area contributed by atoms with Gasteiger partial charge in [0.15, 0.2) is 0 Å². The summed E-state index contributed by atoms with van der Waals surface area (Å²) in [6.07, 6.45) is -2.34. The first-order valence-corrected chi connectivity index (χ1v) is 11.2. The fraction of sp³-hybridized carbons (Fsp3) is 0.269. The highest BCUT2D eigenvalue weighted by Crippen LogP contribution is 2.34. The molecule has 180 valence electrons. The van der Waals surface area contributed by atoms with Gasteiger partial charge >= 0.3 is 6.18 Å². The number of anilines is 2. The number of nitrogens with zero attached hydrogens (tertiary/aromatic N) is 3. The molecule has 1 saturated heterocycles. The Kier molecular flexibility index (Phi) is 7.03. The lowest BCUT2D eigenvalue weighted by Crippen LogP contribution is -2.38. The molecule has 2 heterocycles. The highest BCUT2D eigenvalue weighted by atomic mass is 19.4. The number of benzene rings is 2. The predicted octanol–water partition coefficient (Wildman–Crippen LogP) is 5.23.